The van der Waals surface area contributed by atoms with Crippen LogP contribution in [0.1, 0.15) is 90.4 Å². The summed E-state index contributed by atoms with van der Waals surface area (Å²) < 4.78 is 0. The van der Waals surface area contributed by atoms with E-state index in [1.54, 1.807) is 0 Å². The van der Waals surface area contributed by atoms with Gasteiger partial charge in [-0.1, -0.05) is 70.4 Å². The number of nitrogens with two attached hydrogens (primary N) is 1. The molecule has 0 saturated heterocycles. The first-order chi connectivity index (χ1) is 11.6. The molecule has 5 N–H and O–H groups in total. The fourth-order valence-corrected chi connectivity index (χ4v) is 2.81. The van der Waals surface area contributed by atoms with E-state index < -0.39 is 18.2 Å². The van der Waals surface area contributed by atoms with Gasteiger partial charge in [-0.05, 0) is 32.1 Å². The minimum Gasteiger partial charge on any atom is -0.395 e. The summed E-state index contributed by atoms with van der Waals surface area (Å²) in [5.41, 5.74) is 5.50. The van der Waals surface area contributed by atoms with Gasteiger partial charge >= 0.3 is 0 Å². The van der Waals surface area contributed by atoms with Crippen molar-refractivity contribution in [3.05, 3.63) is 12.2 Å². The van der Waals surface area contributed by atoms with E-state index in [4.69, 9.17) is 10.8 Å². The molecule has 0 heterocycles. The van der Waals surface area contributed by atoms with E-state index >= 15 is 0 Å². The second-order valence-corrected chi connectivity index (χ2v) is 6.92. The van der Waals surface area contributed by atoms with Crippen molar-refractivity contribution in [2.24, 2.45) is 5.73 Å². The van der Waals surface area contributed by atoms with Crippen molar-refractivity contribution in [3.8, 4) is 0 Å². The molecule has 0 aromatic carbocycles. The average Bonchev–Trinajstić information content (AvgIpc) is 2.60. The summed E-state index contributed by atoms with van der Waals surface area (Å²) in [6.07, 6.45) is 18.0. The Hall–Kier alpha value is -0.420. The lowest BCUT2D eigenvalue weighted by Crippen LogP contribution is -2.45. The Kier molecular flexibility index (Phi) is 17.1. The van der Waals surface area contributed by atoms with E-state index in [1.807, 2.05) is 0 Å². The van der Waals surface area contributed by atoms with Crippen LogP contribution in [0, 0.1) is 0 Å². The average molecular weight is 344 g/mol. The van der Waals surface area contributed by atoms with Crippen molar-refractivity contribution in [1.82, 2.24) is 0 Å². The molecule has 0 radical (unpaired) electrons. The van der Waals surface area contributed by atoms with Gasteiger partial charge in [-0.3, -0.25) is 0 Å². The van der Waals surface area contributed by atoms with Gasteiger partial charge in [0.2, 0.25) is 0 Å². The maximum Gasteiger partial charge on any atom is 0.0971 e. The van der Waals surface area contributed by atoms with Gasteiger partial charge in [0.1, 0.15) is 0 Å². The summed E-state index contributed by atoms with van der Waals surface area (Å²) in [5, 5.41) is 28.3. The quantitative estimate of drug-likeness (QED) is 0.240. The van der Waals surface area contributed by atoms with Crippen molar-refractivity contribution in [1.29, 1.82) is 0 Å². The molecule has 0 rings (SSSR count). The fraction of sp³-hybridized carbons (Fsp3) is 0.900. The molecule has 0 fully saturated rings. The van der Waals surface area contributed by atoms with E-state index in [-0.39, 0.29) is 6.61 Å². The van der Waals surface area contributed by atoms with Crippen LogP contribution in [-0.2, 0) is 0 Å². The molecule has 24 heavy (non-hydrogen) atoms. The number of hydrogen-bond acceptors (Lipinski definition) is 4. The Morgan fingerprint density at radius 2 is 1.29 bits per heavy atom. The molecule has 0 amide bonds. The van der Waals surface area contributed by atoms with E-state index in [0.29, 0.717) is 6.42 Å². The van der Waals surface area contributed by atoms with Gasteiger partial charge in [0.25, 0.3) is 0 Å². The first-order valence-corrected chi connectivity index (χ1v) is 10.0. The topological polar surface area (TPSA) is 86.7 Å². The molecule has 144 valence electrons. The van der Waals surface area contributed by atoms with Crippen LogP contribution >= 0.6 is 0 Å². The zero-order chi connectivity index (χ0) is 18.0. The van der Waals surface area contributed by atoms with E-state index in [1.165, 1.54) is 64.2 Å². The highest BCUT2D eigenvalue weighted by molar-refractivity contribution is 4.81. The summed E-state index contributed by atoms with van der Waals surface area (Å²) in [6.45, 7) is 1.94. The zero-order valence-electron chi connectivity index (χ0n) is 15.7. The molecule has 0 saturated carbocycles. The predicted molar refractivity (Wildman–Crippen MR) is 102 cm³/mol. The van der Waals surface area contributed by atoms with Gasteiger partial charge in [0, 0.05) is 0 Å². The van der Waals surface area contributed by atoms with Crippen LogP contribution in [0.3, 0.4) is 0 Å². The lowest BCUT2D eigenvalue weighted by atomic mass is 10.00. The fourth-order valence-electron chi connectivity index (χ4n) is 2.81. The number of aliphatic hydroxyl groups excluding tert-OH is 3. The summed E-state index contributed by atoms with van der Waals surface area (Å²) in [4.78, 5) is 0. The Morgan fingerprint density at radius 1 is 0.792 bits per heavy atom. The lowest BCUT2D eigenvalue weighted by Gasteiger charge is -2.22. The van der Waals surface area contributed by atoms with Crippen molar-refractivity contribution >= 4 is 0 Å². The Labute approximate surface area is 149 Å². The second-order valence-electron chi connectivity index (χ2n) is 6.92. The number of allylic oxidation sites excluding steroid dienone is 2. The molecule has 0 aliphatic carbocycles. The number of hydrogen-bond donors (Lipinski definition) is 4. The van der Waals surface area contributed by atoms with Gasteiger partial charge < -0.3 is 21.1 Å². The number of rotatable bonds is 17. The highest BCUT2D eigenvalue weighted by Gasteiger charge is 2.22. The molecule has 0 aliphatic rings. The molecule has 0 spiro atoms. The van der Waals surface area contributed by atoms with Crippen LogP contribution in [-0.4, -0.2) is 40.2 Å². The number of aliphatic hydroxyl groups is 3. The molecule has 3 atom stereocenters. The minimum absolute atomic E-state index is 0.300. The van der Waals surface area contributed by atoms with Crippen molar-refractivity contribution in [2.75, 3.05) is 6.61 Å². The van der Waals surface area contributed by atoms with Crippen LogP contribution in [0.4, 0.5) is 0 Å². The van der Waals surface area contributed by atoms with Crippen LogP contribution in [0.25, 0.3) is 0 Å². The lowest BCUT2D eigenvalue weighted by molar-refractivity contribution is -0.0121. The highest BCUT2D eigenvalue weighted by atomic mass is 16.3. The third kappa shape index (κ3) is 14.0. The van der Waals surface area contributed by atoms with Crippen molar-refractivity contribution < 1.29 is 15.3 Å². The summed E-state index contributed by atoms with van der Waals surface area (Å²) >= 11 is 0. The summed E-state index contributed by atoms with van der Waals surface area (Å²) in [7, 11) is 0. The smallest absolute Gasteiger partial charge is 0.0971 e. The minimum atomic E-state index is -1.02. The first kappa shape index (κ1) is 23.6. The van der Waals surface area contributed by atoms with Gasteiger partial charge in [-0.15, -0.1) is 0 Å². The molecule has 0 bridgehead atoms. The predicted octanol–water partition coefficient (Wildman–Crippen LogP) is 3.68. The van der Waals surface area contributed by atoms with Crippen LogP contribution in [0.5, 0.6) is 0 Å². The molecule has 0 aromatic rings. The van der Waals surface area contributed by atoms with Crippen molar-refractivity contribution in [2.45, 2.75) is 109 Å². The SMILES string of the molecule is CCCCCC/C=C\CCCCCCCC[C@@H](O)[C@@H](O)[C@@H](N)CO. The van der Waals surface area contributed by atoms with Crippen LogP contribution in [0.15, 0.2) is 12.2 Å². The monoisotopic (exact) mass is 343 g/mol. The Bertz CT molecular complexity index is 284. The second kappa shape index (κ2) is 17.4. The first-order valence-electron chi connectivity index (χ1n) is 10.0. The van der Waals surface area contributed by atoms with Gasteiger partial charge in [-0.2, -0.15) is 0 Å². The largest absolute Gasteiger partial charge is 0.395 e. The number of unbranched alkanes of at least 4 members (excludes halogenated alkanes) is 10. The van der Waals surface area contributed by atoms with Crippen LogP contribution < -0.4 is 5.73 Å². The molecule has 4 nitrogen and oxygen atoms in total. The zero-order valence-corrected chi connectivity index (χ0v) is 15.7. The molecular weight excluding hydrogens is 302 g/mol. The standard InChI is InChI=1S/C20H41NO3/c1-2-3-4-5-6-7-8-9-10-11-12-13-14-15-16-19(23)20(24)18(21)17-22/h7-8,18-20,22-24H,2-6,9-17,21H2,1H3/b8-7-/t18-,19+,20-/m0/s1. The van der Waals surface area contributed by atoms with Crippen molar-refractivity contribution in [3.63, 3.8) is 0 Å². The van der Waals surface area contributed by atoms with Crippen LogP contribution in [0.2, 0.25) is 0 Å². The maximum absolute atomic E-state index is 9.76. The van der Waals surface area contributed by atoms with E-state index in [0.717, 1.165) is 12.8 Å². The highest BCUT2D eigenvalue weighted by Crippen LogP contribution is 2.12. The Balaban J connectivity index is 3.32. The molecule has 0 unspecified atom stereocenters. The van der Waals surface area contributed by atoms with E-state index in [9.17, 15) is 10.2 Å². The molecular formula is C20H41NO3. The Morgan fingerprint density at radius 3 is 1.83 bits per heavy atom. The summed E-state index contributed by atoms with van der Waals surface area (Å²) in [6, 6.07) is -0.750. The normalized spacial score (nSPS) is 15.7. The van der Waals surface area contributed by atoms with Gasteiger partial charge in [0.05, 0.1) is 24.9 Å². The van der Waals surface area contributed by atoms with Gasteiger partial charge in [-0.25, -0.2) is 0 Å². The third-order valence-electron chi connectivity index (χ3n) is 4.56. The molecule has 0 aromatic heterocycles. The molecule has 4 heteroatoms. The van der Waals surface area contributed by atoms with Gasteiger partial charge in [0.15, 0.2) is 0 Å². The van der Waals surface area contributed by atoms with E-state index in [2.05, 4.69) is 19.1 Å². The summed E-state index contributed by atoms with van der Waals surface area (Å²) in [5.74, 6) is 0. The molecule has 0 aliphatic heterocycles. The maximum atomic E-state index is 9.76. The third-order valence-corrected chi connectivity index (χ3v) is 4.56.